The zero-order valence-corrected chi connectivity index (χ0v) is 10.3. The van der Waals surface area contributed by atoms with E-state index in [1.54, 1.807) is 0 Å². The third kappa shape index (κ3) is 2.52. The van der Waals surface area contributed by atoms with Gasteiger partial charge in [0.25, 0.3) is 0 Å². The molecule has 0 fully saturated rings. The topological polar surface area (TPSA) is 27.1 Å². The molecule has 0 spiro atoms. The second-order valence-corrected chi connectivity index (χ2v) is 3.49. The minimum absolute atomic E-state index is 0.706. The van der Waals surface area contributed by atoms with Crippen LogP contribution in [0, 0.1) is 6.92 Å². The molecule has 0 atom stereocenters. The van der Waals surface area contributed by atoms with Crippen molar-refractivity contribution in [3.8, 4) is 5.88 Å². The van der Waals surface area contributed by atoms with Gasteiger partial charge in [-0.2, -0.15) is 0 Å². The number of rotatable bonds is 2. The molecule has 3 heteroatoms. The van der Waals surface area contributed by atoms with E-state index in [9.17, 15) is 0 Å². The highest BCUT2D eigenvalue weighted by molar-refractivity contribution is 5.30. The Kier molecular flexibility index (Phi) is 4.66. The van der Waals surface area contributed by atoms with Crippen molar-refractivity contribution in [3.05, 3.63) is 11.3 Å². The summed E-state index contributed by atoms with van der Waals surface area (Å²) in [5.41, 5.74) is 2.61. The van der Waals surface area contributed by atoms with Crippen molar-refractivity contribution in [2.24, 2.45) is 0 Å². The van der Waals surface area contributed by atoms with Gasteiger partial charge in [-0.15, -0.1) is 5.10 Å². The lowest BCUT2D eigenvalue weighted by Gasteiger charge is -2.12. The van der Waals surface area contributed by atoms with Gasteiger partial charge in [-0.1, -0.05) is 13.8 Å². The second-order valence-electron chi connectivity index (χ2n) is 3.49. The average molecular weight is 210 g/mol. The standard InChI is InChI=1S/C10H16N2O.C2H6/c1-3-13-10-8(2)9-6-4-5-7-12(9)11-10;1-2/h3-7H2,1-2H3;1-2H3. The van der Waals surface area contributed by atoms with Gasteiger partial charge in [0.05, 0.1) is 6.61 Å². The average Bonchev–Trinajstić information content (AvgIpc) is 2.60. The molecule has 0 aliphatic carbocycles. The van der Waals surface area contributed by atoms with Crippen LogP contribution < -0.4 is 4.74 Å². The van der Waals surface area contributed by atoms with Crippen molar-refractivity contribution in [1.82, 2.24) is 9.78 Å². The lowest BCUT2D eigenvalue weighted by molar-refractivity contribution is 0.318. The molecule has 2 heterocycles. The van der Waals surface area contributed by atoms with E-state index < -0.39 is 0 Å². The number of aromatic nitrogens is 2. The van der Waals surface area contributed by atoms with Gasteiger partial charge in [0.1, 0.15) is 0 Å². The number of hydrogen-bond acceptors (Lipinski definition) is 2. The van der Waals surface area contributed by atoms with E-state index in [1.165, 1.54) is 24.1 Å². The fourth-order valence-corrected chi connectivity index (χ4v) is 1.89. The molecule has 0 unspecified atom stereocenters. The molecule has 15 heavy (non-hydrogen) atoms. The molecule has 0 saturated carbocycles. The Hall–Kier alpha value is -0.990. The maximum Gasteiger partial charge on any atom is 0.235 e. The van der Waals surface area contributed by atoms with Gasteiger partial charge in [0, 0.05) is 17.8 Å². The summed E-state index contributed by atoms with van der Waals surface area (Å²) in [6.45, 7) is 9.87. The molecule has 0 radical (unpaired) electrons. The maximum absolute atomic E-state index is 5.46. The van der Waals surface area contributed by atoms with E-state index in [2.05, 4.69) is 16.7 Å². The van der Waals surface area contributed by atoms with Gasteiger partial charge in [-0.05, 0) is 33.1 Å². The van der Waals surface area contributed by atoms with E-state index in [0.29, 0.717) is 6.61 Å². The van der Waals surface area contributed by atoms with Crippen LogP contribution in [0.25, 0.3) is 0 Å². The molecule has 0 N–H and O–H groups in total. The molecule has 1 aliphatic heterocycles. The largest absolute Gasteiger partial charge is 0.477 e. The van der Waals surface area contributed by atoms with Crippen molar-refractivity contribution in [2.75, 3.05) is 6.61 Å². The van der Waals surface area contributed by atoms with E-state index >= 15 is 0 Å². The highest BCUT2D eigenvalue weighted by Gasteiger charge is 2.17. The Morgan fingerprint density at radius 3 is 2.67 bits per heavy atom. The van der Waals surface area contributed by atoms with Crippen LogP contribution in [0.3, 0.4) is 0 Å². The third-order valence-electron chi connectivity index (χ3n) is 2.59. The zero-order valence-electron chi connectivity index (χ0n) is 10.3. The molecule has 86 valence electrons. The number of hydrogen-bond donors (Lipinski definition) is 0. The van der Waals surface area contributed by atoms with Crippen LogP contribution >= 0.6 is 0 Å². The van der Waals surface area contributed by atoms with E-state index in [1.807, 2.05) is 20.8 Å². The molecule has 1 aromatic rings. The van der Waals surface area contributed by atoms with Crippen molar-refractivity contribution in [2.45, 2.75) is 53.5 Å². The van der Waals surface area contributed by atoms with Crippen LogP contribution in [0.1, 0.15) is 44.9 Å². The minimum Gasteiger partial charge on any atom is -0.477 e. The Balaban J connectivity index is 0.000000531. The number of ether oxygens (including phenoxy) is 1. The van der Waals surface area contributed by atoms with Gasteiger partial charge in [-0.3, -0.25) is 4.68 Å². The third-order valence-corrected chi connectivity index (χ3v) is 2.59. The first-order valence-electron chi connectivity index (χ1n) is 6.02. The minimum atomic E-state index is 0.706. The predicted octanol–water partition coefficient (Wildman–Crippen LogP) is 2.95. The summed E-state index contributed by atoms with van der Waals surface area (Å²) in [5, 5.41) is 4.43. The van der Waals surface area contributed by atoms with Gasteiger partial charge < -0.3 is 4.74 Å². The first-order valence-corrected chi connectivity index (χ1v) is 6.02. The summed E-state index contributed by atoms with van der Waals surface area (Å²) < 4.78 is 7.56. The quantitative estimate of drug-likeness (QED) is 0.750. The molecule has 1 aromatic heterocycles. The first kappa shape index (κ1) is 12.1. The molecular formula is C12H22N2O. The van der Waals surface area contributed by atoms with Crippen LogP contribution in [0.15, 0.2) is 0 Å². The van der Waals surface area contributed by atoms with Crippen molar-refractivity contribution in [3.63, 3.8) is 0 Å². The molecule has 3 nitrogen and oxygen atoms in total. The molecule has 0 saturated heterocycles. The number of fused-ring (bicyclic) bond motifs is 1. The number of aryl methyl sites for hydroxylation is 1. The van der Waals surface area contributed by atoms with E-state index in [0.717, 1.165) is 18.8 Å². The summed E-state index contributed by atoms with van der Waals surface area (Å²) in [6, 6.07) is 0. The highest BCUT2D eigenvalue weighted by atomic mass is 16.5. The first-order chi connectivity index (χ1) is 7.33. The second kappa shape index (κ2) is 5.79. The molecule has 1 aliphatic rings. The van der Waals surface area contributed by atoms with Gasteiger partial charge in [0.2, 0.25) is 5.88 Å². The van der Waals surface area contributed by atoms with Gasteiger partial charge in [0.15, 0.2) is 0 Å². The highest BCUT2D eigenvalue weighted by Crippen LogP contribution is 2.25. The van der Waals surface area contributed by atoms with Crippen LogP contribution in [0.2, 0.25) is 0 Å². The molecular weight excluding hydrogens is 188 g/mol. The van der Waals surface area contributed by atoms with Crippen molar-refractivity contribution >= 4 is 0 Å². The molecule has 0 bridgehead atoms. The summed E-state index contributed by atoms with van der Waals surface area (Å²) in [4.78, 5) is 0. The van der Waals surface area contributed by atoms with E-state index in [4.69, 9.17) is 4.74 Å². The van der Waals surface area contributed by atoms with Gasteiger partial charge >= 0.3 is 0 Å². The fourth-order valence-electron chi connectivity index (χ4n) is 1.89. The zero-order chi connectivity index (χ0) is 11.3. The Morgan fingerprint density at radius 1 is 1.33 bits per heavy atom. The smallest absolute Gasteiger partial charge is 0.235 e. The lowest BCUT2D eigenvalue weighted by atomic mass is 10.1. The summed E-state index contributed by atoms with van der Waals surface area (Å²) in [5.74, 6) is 0.833. The lowest BCUT2D eigenvalue weighted by Crippen LogP contribution is -2.11. The summed E-state index contributed by atoms with van der Waals surface area (Å²) in [7, 11) is 0. The summed E-state index contributed by atoms with van der Waals surface area (Å²) >= 11 is 0. The van der Waals surface area contributed by atoms with E-state index in [-0.39, 0.29) is 0 Å². The molecule has 0 aromatic carbocycles. The Labute approximate surface area is 92.4 Å². The van der Waals surface area contributed by atoms with Crippen LogP contribution in [-0.4, -0.2) is 16.4 Å². The van der Waals surface area contributed by atoms with Gasteiger partial charge in [-0.25, -0.2) is 0 Å². The van der Waals surface area contributed by atoms with Crippen molar-refractivity contribution in [1.29, 1.82) is 0 Å². The SMILES string of the molecule is CC.CCOc1nn2c(c1C)CCCC2. The van der Waals surface area contributed by atoms with Crippen LogP contribution in [0.4, 0.5) is 0 Å². The normalized spacial score (nSPS) is 13.9. The number of nitrogens with zero attached hydrogens (tertiary/aromatic N) is 2. The summed E-state index contributed by atoms with van der Waals surface area (Å²) in [6.07, 6.45) is 3.70. The fraction of sp³-hybridized carbons (Fsp3) is 0.750. The monoisotopic (exact) mass is 210 g/mol. The Bertz CT molecular complexity index is 305. The van der Waals surface area contributed by atoms with Crippen LogP contribution in [0.5, 0.6) is 5.88 Å². The molecule has 2 rings (SSSR count). The van der Waals surface area contributed by atoms with Crippen LogP contribution in [-0.2, 0) is 13.0 Å². The Morgan fingerprint density at radius 2 is 2.07 bits per heavy atom. The maximum atomic E-state index is 5.46. The van der Waals surface area contributed by atoms with Crippen molar-refractivity contribution < 1.29 is 4.74 Å². The predicted molar refractivity (Wildman–Crippen MR) is 62.4 cm³/mol. The molecule has 0 amide bonds.